The number of rotatable bonds is 10. The lowest BCUT2D eigenvalue weighted by atomic mass is 10.1. The number of carboxylic acids is 3. The van der Waals surface area contributed by atoms with Crippen molar-refractivity contribution in [1.82, 2.24) is 19.6 Å². The molecule has 13 heteroatoms. The van der Waals surface area contributed by atoms with Crippen LogP contribution in [0.25, 0.3) is 0 Å². The summed E-state index contributed by atoms with van der Waals surface area (Å²) in [7, 11) is 0. The fourth-order valence-electron chi connectivity index (χ4n) is 3.25. The van der Waals surface area contributed by atoms with E-state index in [1.54, 1.807) is 9.80 Å². The zero-order valence-electron chi connectivity index (χ0n) is 17.3. The van der Waals surface area contributed by atoms with Crippen LogP contribution in [-0.4, -0.2) is 152 Å². The lowest BCUT2D eigenvalue weighted by Crippen LogP contribution is -2.53. The summed E-state index contributed by atoms with van der Waals surface area (Å²) in [6.07, 6.45) is 1.67. The van der Waals surface area contributed by atoms with Gasteiger partial charge in [0.1, 0.15) is 13.1 Å². The first-order valence-corrected chi connectivity index (χ1v) is 9.84. The van der Waals surface area contributed by atoms with Crippen LogP contribution in [0, 0.1) is 0 Å². The highest BCUT2D eigenvalue weighted by atomic mass is 16.4. The highest BCUT2D eigenvalue weighted by Gasteiger charge is 2.26. The van der Waals surface area contributed by atoms with Gasteiger partial charge >= 0.3 is 17.9 Å². The highest BCUT2D eigenvalue weighted by Crippen LogP contribution is 2.08. The zero-order chi connectivity index (χ0) is 23.4. The molecule has 0 aromatic rings. The molecule has 2 atom stereocenters. The zero-order valence-corrected chi connectivity index (χ0v) is 17.3. The fraction of sp³-hybridized carbons (Fsp3) is 0.722. The Bertz CT molecular complexity index is 619. The molecule has 0 aromatic carbocycles. The molecule has 178 valence electrons. The van der Waals surface area contributed by atoms with Crippen LogP contribution in [0.15, 0.2) is 12.4 Å². The molecule has 1 heterocycles. The predicted octanol–water partition coefficient (Wildman–Crippen LogP) is -3.35. The van der Waals surface area contributed by atoms with Crippen molar-refractivity contribution in [3.8, 4) is 0 Å². The third-order valence-electron chi connectivity index (χ3n) is 4.89. The van der Waals surface area contributed by atoms with E-state index in [4.69, 9.17) is 10.2 Å². The normalized spacial score (nSPS) is 20.4. The number of nitrogens with zero attached hydrogens (tertiary/aromatic N) is 4. The number of aliphatic hydroxyl groups excluding tert-OH is 3. The van der Waals surface area contributed by atoms with Crippen molar-refractivity contribution < 1.29 is 45.0 Å². The van der Waals surface area contributed by atoms with E-state index in [0.29, 0.717) is 0 Å². The Kier molecular flexibility index (Phi) is 11.8. The summed E-state index contributed by atoms with van der Waals surface area (Å²) in [5.74, 6) is -3.23. The highest BCUT2D eigenvalue weighted by molar-refractivity contribution is 5.70. The number of carbonyl (C=O) groups is 3. The molecule has 0 radical (unpaired) electrons. The maximum atomic E-state index is 11.2. The third-order valence-corrected chi connectivity index (χ3v) is 4.89. The molecule has 0 aliphatic carbocycles. The Hall–Kier alpha value is -2.45. The predicted molar refractivity (Wildman–Crippen MR) is 107 cm³/mol. The van der Waals surface area contributed by atoms with E-state index in [9.17, 15) is 34.8 Å². The topological polar surface area (TPSA) is 186 Å². The standard InChI is InChI=1S/C18H32N4O9/c23-12-14(15(25)13-24)22-7-5-20(10-17(28)29)3-1-19(9-16(26)27)2-4-21(6-8-22)11-18(30)31/h1,3,14-15,23-25H,2,4-13H2,(H,26,27)(H,28,29)(H,30,31)/b3-1-. The first-order chi connectivity index (χ1) is 14.7. The van der Waals surface area contributed by atoms with E-state index in [1.807, 2.05) is 0 Å². The van der Waals surface area contributed by atoms with Gasteiger partial charge in [-0.25, -0.2) is 0 Å². The van der Waals surface area contributed by atoms with Gasteiger partial charge < -0.3 is 40.4 Å². The lowest BCUT2D eigenvalue weighted by Gasteiger charge is -2.36. The Morgan fingerprint density at radius 2 is 1.16 bits per heavy atom. The smallest absolute Gasteiger partial charge is 0.323 e. The largest absolute Gasteiger partial charge is 0.480 e. The molecule has 0 fully saturated rings. The molecule has 0 amide bonds. The van der Waals surface area contributed by atoms with Gasteiger partial charge in [0.05, 0.1) is 31.9 Å². The van der Waals surface area contributed by atoms with Crippen LogP contribution in [0.2, 0.25) is 0 Å². The van der Waals surface area contributed by atoms with Gasteiger partial charge in [-0.05, 0) is 0 Å². The Morgan fingerprint density at radius 3 is 1.61 bits per heavy atom. The van der Waals surface area contributed by atoms with Crippen molar-refractivity contribution in [2.75, 3.05) is 72.1 Å². The first kappa shape index (κ1) is 26.6. The van der Waals surface area contributed by atoms with Crippen molar-refractivity contribution >= 4 is 17.9 Å². The van der Waals surface area contributed by atoms with Crippen molar-refractivity contribution in [3.05, 3.63) is 12.4 Å². The maximum absolute atomic E-state index is 11.2. The van der Waals surface area contributed by atoms with Gasteiger partial charge in [-0.2, -0.15) is 0 Å². The van der Waals surface area contributed by atoms with Gasteiger partial charge in [-0.3, -0.25) is 24.2 Å². The molecule has 0 spiro atoms. The van der Waals surface area contributed by atoms with Crippen molar-refractivity contribution in [2.45, 2.75) is 12.1 Å². The SMILES string of the molecule is O=C(O)CN1/C=C\N(CC(=O)O)CCN(C(CO)C(O)CO)CCN(CC(=O)O)CC1. The molecular formula is C18H32N4O9. The first-order valence-electron chi connectivity index (χ1n) is 9.84. The van der Waals surface area contributed by atoms with Crippen LogP contribution in [0.1, 0.15) is 0 Å². The van der Waals surface area contributed by atoms with E-state index in [2.05, 4.69) is 0 Å². The number of aliphatic carboxylic acids is 3. The van der Waals surface area contributed by atoms with E-state index in [0.717, 1.165) is 0 Å². The molecule has 1 aliphatic rings. The Morgan fingerprint density at radius 1 is 0.710 bits per heavy atom. The van der Waals surface area contributed by atoms with Crippen LogP contribution in [-0.2, 0) is 14.4 Å². The van der Waals surface area contributed by atoms with E-state index >= 15 is 0 Å². The Balaban J connectivity index is 3.14. The molecule has 6 N–H and O–H groups in total. The van der Waals surface area contributed by atoms with Gasteiger partial charge in [0.25, 0.3) is 0 Å². The quantitative estimate of drug-likeness (QED) is 0.195. The molecule has 0 aromatic heterocycles. The van der Waals surface area contributed by atoms with Gasteiger partial charge in [-0.1, -0.05) is 0 Å². The fourth-order valence-corrected chi connectivity index (χ4v) is 3.25. The average molecular weight is 448 g/mol. The number of aliphatic hydroxyl groups is 3. The van der Waals surface area contributed by atoms with Crippen LogP contribution in [0.3, 0.4) is 0 Å². The summed E-state index contributed by atoms with van der Waals surface area (Å²) in [6.45, 7) is -0.715. The molecule has 0 saturated carbocycles. The molecule has 1 rings (SSSR count). The van der Waals surface area contributed by atoms with Gasteiger partial charge in [0.2, 0.25) is 0 Å². The van der Waals surface area contributed by atoms with Gasteiger partial charge in [-0.15, -0.1) is 0 Å². The second kappa shape index (κ2) is 13.8. The maximum Gasteiger partial charge on any atom is 0.323 e. The van der Waals surface area contributed by atoms with E-state index < -0.39 is 43.3 Å². The van der Waals surface area contributed by atoms with E-state index in [-0.39, 0.29) is 58.9 Å². The van der Waals surface area contributed by atoms with Crippen molar-refractivity contribution in [1.29, 1.82) is 0 Å². The van der Waals surface area contributed by atoms with Gasteiger partial charge in [0.15, 0.2) is 0 Å². The summed E-state index contributed by atoms with van der Waals surface area (Å²) in [4.78, 5) is 39.8. The summed E-state index contributed by atoms with van der Waals surface area (Å²) >= 11 is 0. The molecule has 13 nitrogen and oxygen atoms in total. The second-order valence-electron chi connectivity index (χ2n) is 7.23. The van der Waals surface area contributed by atoms with Crippen LogP contribution < -0.4 is 0 Å². The minimum absolute atomic E-state index is 0.178. The second-order valence-corrected chi connectivity index (χ2v) is 7.23. The lowest BCUT2D eigenvalue weighted by molar-refractivity contribution is -0.139. The summed E-state index contributed by atoms with van der Waals surface area (Å²) in [5.41, 5.74) is 0. The molecule has 2 unspecified atom stereocenters. The molecule has 0 bridgehead atoms. The minimum Gasteiger partial charge on any atom is -0.480 e. The van der Waals surface area contributed by atoms with Gasteiger partial charge in [0, 0.05) is 51.7 Å². The van der Waals surface area contributed by atoms with Crippen LogP contribution in [0.4, 0.5) is 0 Å². The summed E-state index contributed by atoms with van der Waals surface area (Å²) in [5, 5.41) is 56.5. The third kappa shape index (κ3) is 10.4. The number of hydrogen-bond acceptors (Lipinski definition) is 10. The number of carboxylic acid groups (broad SMARTS) is 3. The molecule has 0 saturated heterocycles. The minimum atomic E-state index is -1.24. The Labute approximate surface area is 180 Å². The monoisotopic (exact) mass is 448 g/mol. The average Bonchev–Trinajstić information content (AvgIpc) is 2.68. The summed E-state index contributed by atoms with van der Waals surface area (Å²) < 4.78 is 0. The summed E-state index contributed by atoms with van der Waals surface area (Å²) in [6, 6.07) is -0.821. The van der Waals surface area contributed by atoms with Crippen molar-refractivity contribution in [2.24, 2.45) is 0 Å². The van der Waals surface area contributed by atoms with Crippen molar-refractivity contribution in [3.63, 3.8) is 0 Å². The molecule has 1 aliphatic heterocycles. The number of hydrogen-bond donors (Lipinski definition) is 6. The van der Waals surface area contributed by atoms with E-state index in [1.165, 1.54) is 22.2 Å². The van der Waals surface area contributed by atoms with Crippen LogP contribution >= 0.6 is 0 Å². The molecular weight excluding hydrogens is 416 g/mol. The molecule has 31 heavy (non-hydrogen) atoms. The van der Waals surface area contributed by atoms with Crippen LogP contribution in [0.5, 0.6) is 0 Å².